The van der Waals surface area contributed by atoms with Gasteiger partial charge in [-0.15, -0.1) is 0 Å². The minimum absolute atomic E-state index is 0.116. The summed E-state index contributed by atoms with van der Waals surface area (Å²) in [6.45, 7) is 1.04. The van der Waals surface area contributed by atoms with Crippen molar-refractivity contribution in [2.75, 3.05) is 26.3 Å². The summed E-state index contributed by atoms with van der Waals surface area (Å²) in [5.41, 5.74) is -1.50. The molecule has 0 aromatic carbocycles. The zero-order chi connectivity index (χ0) is 12.5. The molecule has 2 aliphatic rings. The molecule has 0 radical (unpaired) electrons. The number of nitrogens with one attached hydrogen (secondary N) is 1. The first-order chi connectivity index (χ1) is 7.96. The fourth-order valence-electron chi connectivity index (χ4n) is 2.10. The van der Waals surface area contributed by atoms with Gasteiger partial charge < -0.3 is 9.84 Å². The number of hydrogen-bond acceptors (Lipinski definition) is 4. The van der Waals surface area contributed by atoms with Crippen LogP contribution in [-0.4, -0.2) is 55.6 Å². The average molecular weight is 264 g/mol. The van der Waals surface area contributed by atoms with Crippen LogP contribution in [0.4, 0.5) is 0 Å². The Labute approximate surface area is 99.9 Å². The van der Waals surface area contributed by atoms with Gasteiger partial charge in [-0.2, -0.15) is 17.4 Å². The molecule has 0 spiro atoms. The molecule has 0 aromatic heterocycles. The lowest BCUT2D eigenvalue weighted by atomic mass is 10.0. The quantitative estimate of drug-likeness (QED) is 0.690. The zero-order valence-corrected chi connectivity index (χ0v) is 10.2. The highest BCUT2D eigenvalue weighted by Crippen LogP contribution is 2.22. The lowest BCUT2D eigenvalue weighted by Gasteiger charge is -2.26. The normalized spacial score (nSPS) is 30.8. The van der Waals surface area contributed by atoms with Crippen molar-refractivity contribution < 1.29 is 23.1 Å². The van der Waals surface area contributed by atoms with Crippen LogP contribution in [0.25, 0.3) is 0 Å². The van der Waals surface area contributed by atoms with E-state index in [9.17, 15) is 13.2 Å². The first-order valence-corrected chi connectivity index (χ1v) is 7.00. The summed E-state index contributed by atoms with van der Waals surface area (Å²) in [4.78, 5) is 11.2. The largest absolute Gasteiger partial charge is 0.480 e. The maximum Gasteiger partial charge on any atom is 0.327 e. The Bertz CT molecular complexity index is 396. The van der Waals surface area contributed by atoms with Gasteiger partial charge >= 0.3 is 5.97 Å². The number of carboxylic acids is 1. The van der Waals surface area contributed by atoms with Gasteiger partial charge in [-0.3, -0.25) is 4.79 Å². The van der Waals surface area contributed by atoms with Gasteiger partial charge in [0.25, 0.3) is 10.2 Å². The van der Waals surface area contributed by atoms with E-state index in [-0.39, 0.29) is 19.6 Å². The first-order valence-electron chi connectivity index (χ1n) is 5.56. The minimum atomic E-state index is -3.72. The highest BCUT2D eigenvalue weighted by atomic mass is 32.2. The van der Waals surface area contributed by atoms with Crippen molar-refractivity contribution in [1.29, 1.82) is 0 Å². The predicted molar refractivity (Wildman–Crippen MR) is 58.7 cm³/mol. The van der Waals surface area contributed by atoms with Crippen LogP contribution in [0.2, 0.25) is 0 Å². The third-order valence-corrected chi connectivity index (χ3v) is 4.85. The predicted octanol–water partition coefficient (Wildman–Crippen LogP) is -0.840. The van der Waals surface area contributed by atoms with E-state index in [4.69, 9.17) is 9.84 Å². The Morgan fingerprint density at radius 3 is 2.47 bits per heavy atom. The number of carbonyl (C=O) groups is 1. The molecule has 2 saturated heterocycles. The molecule has 2 N–H and O–H groups in total. The molecule has 1 atom stereocenters. The van der Waals surface area contributed by atoms with Gasteiger partial charge in [-0.1, -0.05) is 0 Å². The lowest BCUT2D eigenvalue weighted by molar-refractivity contribution is -0.144. The lowest BCUT2D eigenvalue weighted by Crippen LogP contribution is -2.58. The maximum atomic E-state index is 12.0. The molecule has 2 fully saturated rings. The summed E-state index contributed by atoms with van der Waals surface area (Å²) in [6, 6.07) is 0. The Kier molecular flexibility index (Phi) is 3.39. The Hall–Kier alpha value is -0.700. The average Bonchev–Trinajstić information content (AvgIpc) is 2.86. The van der Waals surface area contributed by atoms with E-state index in [1.54, 1.807) is 0 Å². The zero-order valence-electron chi connectivity index (χ0n) is 9.39. The van der Waals surface area contributed by atoms with E-state index in [0.29, 0.717) is 13.1 Å². The molecule has 0 saturated carbocycles. The van der Waals surface area contributed by atoms with Crippen molar-refractivity contribution in [2.45, 2.75) is 24.8 Å². The van der Waals surface area contributed by atoms with Crippen LogP contribution in [0.1, 0.15) is 19.3 Å². The summed E-state index contributed by atoms with van der Waals surface area (Å²) in [5.74, 6) is -1.18. The van der Waals surface area contributed by atoms with Gasteiger partial charge in [0.2, 0.25) is 0 Å². The van der Waals surface area contributed by atoms with Crippen molar-refractivity contribution in [3.8, 4) is 0 Å². The van der Waals surface area contributed by atoms with Crippen LogP contribution in [0.15, 0.2) is 0 Å². The van der Waals surface area contributed by atoms with Crippen molar-refractivity contribution >= 4 is 16.2 Å². The second-order valence-electron chi connectivity index (χ2n) is 4.40. The van der Waals surface area contributed by atoms with Gasteiger partial charge in [0.15, 0.2) is 5.54 Å². The molecular formula is C9H16N2O5S. The number of aliphatic carboxylic acids is 1. The number of nitrogens with zero attached hydrogens (tertiary/aromatic N) is 1. The van der Waals surface area contributed by atoms with Crippen LogP contribution >= 0.6 is 0 Å². The molecule has 2 aliphatic heterocycles. The van der Waals surface area contributed by atoms with E-state index >= 15 is 0 Å². The Morgan fingerprint density at radius 2 is 2.00 bits per heavy atom. The van der Waals surface area contributed by atoms with Gasteiger partial charge in [0.05, 0.1) is 6.61 Å². The Balaban J connectivity index is 2.15. The fourth-order valence-corrected chi connectivity index (χ4v) is 3.71. The smallest absolute Gasteiger partial charge is 0.327 e. The summed E-state index contributed by atoms with van der Waals surface area (Å²) >= 11 is 0. The summed E-state index contributed by atoms with van der Waals surface area (Å²) in [6.07, 6.45) is 1.80. The van der Waals surface area contributed by atoms with E-state index in [2.05, 4.69) is 4.72 Å². The van der Waals surface area contributed by atoms with Crippen molar-refractivity contribution in [3.63, 3.8) is 0 Å². The van der Waals surface area contributed by atoms with Crippen molar-refractivity contribution in [2.24, 2.45) is 0 Å². The molecule has 98 valence electrons. The highest BCUT2D eigenvalue weighted by Gasteiger charge is 2.47. The van der Waals surface area contributed by atoms with Crippen LogP contribution in [0.5, 0.6) is 0 Å². The highest BCUT2D eigenvalue weighted by molar-refractivity contribution is 7.87. The van der Waals surface area contributed by atoms with Crippen LogP contribution < -0.4 is 4.72 Å². The van der Waals surface area contributed by atoms with E-state index < -0.39 is 21.7 Å². The van der Waals surface area contributed by atoms with Gasteiger partial charge in [0, 0.05) is 26.1 Å². The van der Waals surface area contributed by atoms with Gasteiger partial charge in [-0.05, 0) is 12.8 Å². The molecule has 7 nitrogen and oxygen atoms in total. The summed E-state index contributed by atoms with van der Waals surface area (Å²) < 4.78 is 32.6. The van der Waals surface area contributed by atoms with E-state index in [0.717, 1.165) is 12.8 Å². The number of carboxylic acid groups (broad SMARTS) is 1. The molecule has 1 unspecified atom stereocenters. The molecular weight excluding hydrogens is 248 g/mol. The molecule has 2 rings (SSSR count). The van der Waals surface area contributed by atoms with Crippen molar-refractivity contribution in [1.82, 2.24) is 9.03 Å². The van der Waals surface area contributed by atoms with Crippen molar-refractivity contribution in [3.05, 3.63) is 0 Å². The van der Waals surface area contributed by atoms with Gasteiger partial charge in [-0.25, -0.2) is 0 Å². The maximum absolute atomic E-state index is 12.0. The monoisotopic (exact) mass is 264 g/mol. The molecule has 0 amide bonds. The standard InChI is InChI=1S/C9H16N2O5S/c12-8(13)9(3-6-16-7-9)10-17(14,15)11-4-1-2-5-11/h10H,1-7H2,(H,12,13). The molecule has 0 aliphatic carbocycles. The molecule has 8 heteroatoms. The number of hydrogen-bond donors (Lipinski definition) is 2. The topological polar surface area (TPSA) is 95.9 Å². The third-order valence-electron chi connectivity index (χ3n) is 3.16. The Morgan fingerprint density at radius 1 is 1.35 bits per heavy atom. The summed E-state index contributed by atoms with van der Waals surface area (Å²) in [5, 5.41) is 9.14. The van der Waals surface area contributed by atoms with Crippen LogP contribution in [-0.2, 0) is 19.7 Å². The van der Waals surface area contributed by atoms with Crippen LogP contribution in [0.3, 0.4) is 0 Å². The third kappa shape index (κ3) is 2.44. The van der Waals surface area contributed by atoms with Crippen LogP contribution in [0, 0.1) is 0 Å². The molecule has 17 heavy (non-hydrogen) atoms. The molecule has 0 bridgehead atoms. The van der Waals surface area contributed by atoms with Gasteiger partial charge in [0.1, 0.15) is 0 Å². The minimum Gasteiger partial charge on any atom is -0.480 e. The molecule has 0 aromatic rings. The summed E-state index contributed by atoms with van der Waals surface area (Å²) in [7, 11) is -3.72. The second-order valence-corrected chi connectivity index (χ2v) is 6.07. The number of rotatable bonds is 4. The van der Waals surface area contributed by atoms with E-state index in [1.807, 2.05) is 0 Å². The molecule has 2 heterocycles. The van der Waals surface area contributed by atoms with E-state index in [1.165, 1.54) is 4.31 Å². The second kappa shape index (κ2) is 4.52. The fraction of sp³-hybridized carbons (Fsp3) is 0.889. The first kappa shape index (κ1) is 12.7. The SMILES string of the molecule is O=C(O)C1(NS(=O)(=O)N2CCCC2)CCOC1. The number of ether oxygens (including phenoxy) is 1.